The molecule has 40 heavy (non-hydrogen) atoms. The van der Waals surface area contributed by atoms with Crippen LogP contribution in [0.3, 0.4) is 0 Å². The lowest BCUT2D eigenvalue weighted by molar-refractivity contribution is 1.02. The molecule has 4 aromatic heterocycles. The topological polar surface area (TPSA) is 8.82 Å². The van der Waals surface area contributed by atoms with Crippen molar-refractivity contribution >= 4 is 49.0 Å². The van der Waals surface area contributed by atoms with Gasteiger partial charge in [-0.1, -0.05) is 78.4 Å². The molecule has 0 saturated carbocycles. The molecule has 0 fully saturated rings. The summed E-state index contributed by atoms with van der Waals surface area (Å²) < 4.78 is 4.70. The number of pyridine rings is 2. The molecule has 0 unspecified atom stereocenters. The molecule has 0 aliphatic rings. The van der Waals surface area contributed by atoms with Gasteiger partial charge in [-0.2, -0.15) is 0 Å². The highest BCUT2D eigenvalue weighted by molar-refractivity contribution is 6.87. The standard InChI is InChI=1S/C36H44N2Si2/c1-7-23-39(9-3,10-4)25-19-31-33-27-29-17-14-16-22-38(29)36(33)32(20-26-40(11-5,12-6)24-8-2)34-28-30-18-13-15-21-37(30)35(31)34/h13-18,21-22,27-28H,7-12,23-24H2,1-6H3. The quantitative estimate of drug-likeness (QED) is 0.132. The van der Waals surface area contributed by atoms with Crippen LogP contribution in [0.15, 0.2) is 60.9 Å². The first-order valence-corrected chi connectivity index (χ1v) is 20.7. The molecular weight excluding hydrogens is 517 g/mol. The second-order valence-corrected chi connectivity index (χ2v) is 21.0. The van der Waals surface area contributed by atoms with Crippen molar-refractivity contribution in [1.82, 2.24) is 8.80 Å². The van der Waals surface area contributed by atoms with Crippen LogP contribution in [-0.4, -0.2) is 24.9 Å². The van der Waals surface area contributed by atoms with Gasteiger partial charge in [0.2, 0.25) is 0 Å². The number of benzene rings is 1. The zero-order valence-electron chi connectivity index (χ0n) is 25.3. The molecule has 206 valence electrons. The molecule has 4 heterocycles. The predicted molar refractivity (Wildman–Crippen MR) is 181 cm³/mol. The third-order valence-corrected chi connectivity index (χ3v) is 19.1. The largest absolute Gasteiger partial charge is 0.315 e. The second-order valence-electron chi connectivity index (χ2n) is 11.5. The fraction of sp³-hybridized carbons (Fsp3) is 0.389. The van der Waals surface area contributed by atoms with Crippen LogP contribution in [0.2, 0.25) is 36.3 Å². The van der Waals surface area contributed by atoms with Crippen molar-refractivity contribution < 1.29 is 0 Å². The van der Waals surface area contributed by atoms with Gasteiger partial charge < -0.3 is 8.80 Å². The molecule has 0 radical (unpaired) electrons. The molecule has 0 bridgehead atoms. The van der Waals surface area contributed by atoms with Crippen molar-refractivity contribution in [2.75, 3.05) is 0 Å². The highest BCUT2D eigenvalue weighted by atomic mass is 28.3. The molecule has 0 amide bonds. The Bertz CT molecular complexity index is 1660. The van der Waals surface area contributed by atoms with E-state index in [0.29, 0.717) is 0 Å². The molecule has 0 N–H and O–H groups in total. The van der Waals surface area contributed by atoms with E-state index in [1.165, 1.54) is 93.1 Å². The van der Waals surface area contributed by atoms with Gasteiger partial charge in [-0.3, -0.25) is 0 Å². The zero-order valence-corrected chi connectivity index (χ0v) is 27.3. The Morgan fingerprint density at radius 1 is 0.575 bits per heavy atom. The van der Waals surface area contributed by atoms with Gasteiger partial charge in [-0.25, -0.2) is 0 Å². The van der Waals surface area contributed by atoms with Gasteiger partial charge in [0.1, 0.15) is 16.1 Å². The summed E-state index contributed by atoms with van der Waals surface area (Å²) in [6, 6.07) is 25.1. The minimum absolute atomic E-state index is 1.17. The lowest BCUT2D eigenvalue weighted by Crippen LogP contribution is -2.30. The normalized spacial score (nSPS) is 12.2. The molecular formula is C36H44N2Si2. The van der Waals surface area contributed by atoms with E-state index in [9.17, 15) is 0 Å². The summed E-state index contributed by atoms with van der Waals surface area (Å²) in [4.78, 5) is 0. The molecule has 0 aliphatic carbocycles. The van der Waals surface area contributed by atoms with E-state index in [0.717, 1.165) is 0 Å². The van der Waals surface area contributed by atoms with Gasteiger partial charge >= 0.3 is 0 Å². The molecule has 0 spiro atoms. The molecule has 5 rings (SSSR count). The van der Waals surface area contributed by atoms with Crippen molar-refractivity contribution in [1.29, 1.82) is 0 Å². The molecule has 1 aromatic carbocycles. The number of rotatable bonds is 8. The van der Waals surface area contributed by atoms with E-state index >= 15 is 0 Å². The fourth-order valence-corrected chi connectivity index (χ4v) is 12.7. The average molecular weight is 561 g/mol. The summed E-state index contributed by atoms with van der Waals surface area (Å²) in [6.07, 6.45) is 6.83. The van der Waals surface area contributed by atoms with Crippen LogP contribution in [0.1, 0.15) is 65.5 Å². The van der Waals surface area contributed by atoms with Gasteiger partial charge in [-0.05, 0) is 72.7 Å². The predicted octanol–water partition coefficient (Wildman–Crippen LogP) is 10.1. The first-order chi connectivity index (χ1) is 19.5. The van der Waals surface area contributed by atoms with Crippen LogP contribution in [0, 0.1) is 22.9 Å². The van der Waals surface area contributed by atoms with Crippen molar-refractivity contribution in [3.63, 3.8) is 0 Å². The molecule has 0 atom stereocenters. The Hall–Kier alpha value is -3.19. The Balaban J connectivity index is 1.96. The summed E-state index contributed by atoms with van der Waals surface area (Å²) in [5.41, 5.74) is 15.2. The molecule has 0 aliphatic heterocycles. The number of fused-ring (bicyclic) bond motifs is 6. The monoisotopic (exact) mass is 560 g/mol. The van der Waals surface area contributed by atoms with Crippen LogP contribution < -0.4 is 0 Å². The summed E-state index contributed by atoms with van der Waals surface area (Å²) in [6.45, 7) is 14.1. The van der Waals surface area contributed by atoms with E-state index in [-0.39, 0.29) is 0 Å². The maximum absolute atomic E-state index is 3.98. The Kier molecular flexibility index (Phi) is 8.32. The first kappa shape index (κ1) is 28.3. The average Bonchev–Trinajstić information content (AvgIpc) is 3.57. The van der Waals surface area contributed by atoms with Gasteiger partial charge in [-0.15, -0.1) is 11.1 Å². The number of hydrogen-bond donors (Lipinski definition) is 0. The van der Waals surface area contributed by atoms with E-state index in [1.54, 1.807) is 0 Å². The van der Waals surface area contributed by atoms with Crippen molar-refractivity contribution in [2.24, 2.45) is 0 Å². The Morgan fingerprint density at radius 3 is 1.32 bits per heavy atom. The minimum atomic E-state index is -1.66. The third kappa shape index (κ3) is 4.83. The fourth-order valence-electron chi connectivity index (χ4n) is 6.68. The van der Waals surface area contributed by atoms with E-state index < -0.39 is 16.1 Å². The highest BCUT2D eigenvalue weighted by Gasteiger charge is 2.28. The van der Waals surface area contributed by atoms with E-state index in [2.05, 4.69) is 134 Å². The molecule has 4 heteroatoms. The summed E-state index contributed by atoms with van der Waals surface area (Å²) in [5.74, 6) is 7.76. The van der Waals surface area contributed by atoms with E-state index in [1.807, 2.05) is 0 Å². The van der Waals surface area contributed by atoms with Crippen LogP contribution in [-0.2, 0) is 0 Å². The summed E-state index contributed by atoms with van der Waals surface area (Å²) in [5, 5.41) is 2.48. The Labute approximate surface area is 242 Å². The summed E-state index contributed by atoms with van der Waals surface area (Å²) in [7, 11) is -3.32. The molecule has 0 saturated heterocycles. The van der Waals surface area contributed by atoms with Gasteiger partial charge in [0, 0.05) is 34.2 Å². The van der Waals surface area contributed by atoms with Gasteiger partial charge in [0.05, 0.1) is 22.2 Å². The lowest BCUT2D eigenvalue weighted by Gasteiger charge is -2.22. The van der Waals surface area contributed by atoms with Crippen LogP contribution >= 0.6 is 0 Å². The maximum Gasteiger partial charge on any atom is 0.138 e. The Morgan fingerprint density at radius 2 is 0.975 bits per heavy atom. The van der Waals surface area contributed by atoms with Crippen LogP contribution in [0.4, 0.5) is 0 Å². The zero-order chi connectivity index (χ0) is 28.3. The lowest BCUT2D eigenvalue weighted by atomic mass is 10.0. The third-order valence-electron chi connectivity index (χ3n) is 9.44. The number of aromatic nitrogens is 2. The van der Waals surface area contributed by atoms with Crippen molar-refractivity contribution in [3.05, 3.63) is 72.1 Å². The van der Waals surface area contributed by atoms with Gasteiger partial charge in [0.15, 0.2) is 0 Å². The SMILES string of the molecule is CCC[Si](C#Cc1c2cc3ccccn3c2c(C#C[Si](CC)(CC)CCC)c2cc3ccccn3c12)(CC)CC. The van der Waals surface area contributed by atoms with E-state index in [4.69, 9.17) is 0 Å². The van der Waals surface area contributed by atoms with Crippen molar-refractivity contribution in [2.45, 2.75) is 90.6 Å². The highest BCUT2D eigenvalue weighted by Crippen LogP contribution is 2.37. The molecule has 5 aromatic rings. The minimum Gasteiger partial charge on any atom is -0.315 e. The first-order valence-electron chi connectivity index (χ1n) is 15.5. The smallest absolute Gasteiger partial charge is 0.138 e. The van der Waals surface area contributed by atoms with Gasteiger partial charge in [0.25, 0.3) is 0 Å². The molecule has 2 nitrogen and oxygen atoms in total. The van der Waals surface area contributed by atoms with Crippen LogP contribution in [0.5, 0.6) is 0 Å². The van der Waals surface area contributed by atoms with Crippen LogP contribution in [0.25, 0.3) is 32.8 Å². The second kappa shape index (κ2) is 11.7. The summed E-state index contributed by atoms with van der Waals surface area (Å²) >= 11 is 0. The number of nitrogens with zero attached hydrogens (tertiary/aromatic N) is 2. The maximum atomic E-state index is 3.98. The van der Waals surface area contributed by atoms with Crippen molar-refractivity contribution in [3.8, 4) is 22.9 Å². The number of hydrogen-bond acceptors (Lipinski definition) is 0.